The summed E-state index contributed by atoms with van der Waals surface area (Å²) in [6.45, 7) is 9.60. The highest BCUT2D eigenvalue weighted by Gasteiger charge is 2.26. The van der Waals surface area contributed by atoms with Gasteiger partial charge in [-0.05, 0) is 26.3 Å². The molecular weight excluding hydrogens is 288 g/mol. The second-order valence-electron chi connectivity index (χ2n) is 7.05. The molecule has 5 heteroatoms. The lowest BCUT2D eigenvalue weighted by molar-refractivity contribution is -0.124. The van der Waals surface area contributed by atoms with Crippen LogP contribution in [0.1, 0.15) is 32.4 Å². The Hall–Kier alpha value is -1.90. The maximum Gasteiger partial charge on any atom is 0.234 e. The molecule has 1 aromatic carbocycles. The number of nitrogens with zero attached hydrogens (tertiary/aromatic N) is 3. The van der Waals surface area contributed by atoms with E-state index in [1.54, 1.807) is 0 Å². The predicted molar refractivity (Wildman–Crippen MR) is 90.7 cm³/mol. The van der Waals surface area contributed by atoms with Gasteiger partial charge >= 0.3 is 0 Å². The number of rotatable bonds is 4. The van der Waals surface area contributed by atoms with Gasteiger partial charge in [0.05, 0.1) is 12.6 Å². The Kier molecular flexibility index (Phi) is 5.75. The maximum atomic E-state index is 12.0. The van der Waals surface area contributed by atoms with Crippen molar-refractivity contribution in [1.29, 1.82) is 5.26 Å². The average molecular weight is 314 g/mol. The molecule has 1 heterocycles. The molecule has 1 saturated heterocycles. The first-order valence-electron chi connectivity index (χ1n) is 8.11. The largest absolute Gasteiger partial charge is 0.350 e. The van der Waals surface area contributed by atoms with Gasteiger partial charge in [0, 0.05) is 31.7 Å². The van der Waals surface area contributed by atoms with E-state index >= 15 is 0 Å². The molecule has 1 N–H and O–H groups in total. The molecule has 1 aliphatic rings. The van der Waals surface area contributed by atoms with E-state index in [-0.39, 0.29) is 17.5 Å². The summed E-state index contributed by atoms with van der Waals surface area (Å²) in [6, 6.07) is 12.1. The van der Waals surface area contributed by atoms with Crippen LogP contribution in [0.5, 0.6) is 0 Å². The Labute approximate surface area is 138 Å². The number of hydrogen-bond acceptors (Lipinski definition) is 4. The van der Waals surface area contributed by atoms with Crippen molar-refractivity contribution < 1.29 is 4.79 Å². The first-order valence-corrected chi connectivity index (χ1v) is 8.11. The predicted octanol–water partition coefficient (Wildman–Crippen LogP) is 1.78. The lowest BCUT2D eigenvalue weighted by atomic mass is 10.1. The van der Waals surface area contributed by atoms with Crippen LogP contribution in [-0.4, -0.2) is 54.0 Å². The highest BCUT2D eigenvalue weighted by atomic mass is 16.2. The van der Waals surface area contributed by atoms with E-state index < -0.39 is 0 Å². The fourth-order valence-corrected chi connectivity index (χ4v) is 2.84. The SMILES string of the molecule is CC(C)(C)NC(=O)CN1CCN([C@H](C#N)c2ccccc2)CC1. The van der Waals surface area contributed by atoms with E-state index in [0.29, 0.717) is 6.54 Å². The highest BCUT2D eigenvalue weighted by molar-refractivity contribution is 5.78. The van der Waals surface area contributed by atoms with Gasteiger partial charge in [-0.15, -0.1) is 0 Å². The zero-order chi connectivity index (χ0) is 16.9. The second-order valence-corrected chi connectivity index (χ2v) is 7.05. The smallest absolute Gasteiger partial charge is 0.234 e. The Balaban J connectivity index is 1.86. The topological polar surface area (TPSA) is 59.4 Å². The van der Waals surface area contributed by atoms with Crippen molar-refractivity contribution in [2.24, 2.45) is 0 Å². The maximum absolute atomic E-state index is 12.0. The summed E-state index contributed by atoms with van der Waals surface area (Å²) in [6.07, 6.45) is 0. The van der Waals surface area contributed by atoms with Crippen LogP contribution < -0.4 is 5.32 Å². The molecule has 124 valence electrons. The third kappa shape index (κ3) is 5.34. The van der Waals surface area contributed by atoms with Crippen molar-refractivity contribution in [3.05, 3.63) is 35.9 Å². The van der Waals surface area contributed by atoms with Gasteiger partial charge in [0.25, 0.3) is 0 Å². The zero-order valence-corrected chi connectivity index (χ0v) is 14.2. The Morgan fingerprint density at radius 2 is 1.83 bits per heavy atom. The third-order valence-electron chi connectivity index (χ3n) is 3.89. The van der Waals surface area contributed by atoms with E-state index in [1.165, 1.54) is 0 Å². The number of piperazine rings is 1. The first-order chi connectivity index (χ1) is 10.9. The van der Waals surface area contributed by atoms with Crippen LogP contribution in [-0.2, 0) is 4.79 Å². The molecule has 1 aromatic rings. The summed E-state index contributed by atoms with van der Waals surface area (Å²) in [5, 5.41) is 12.5. The second kappa shape index (κ2) is 7.58. The summed E-state index contributed by atoms with van der Waals surface area (Å²) in [4.78, 5) is 16.3. The van der Waals surface area contributed by atoms with E-state index in [4.69, 9.17) is 0 Å². The van der Waals surface area contributed by atoms with Crippen LogP contribution >= 0.6 is 0 Å². The minimum absolute atomic E-state index is 0.0610. The number of nitrogens with one attached hydrogen (secondary N) is 1. The van der Waals surface area contributed by atoms with Crippen LogP contribution in [0.2, 0.25) is 0 Å². The molecule has 0 aliphatic carbocycles. The minimum atomic E-state index is -0.207. The van der Waals surface area contributed by atoms with Crippen molar-refractivity contribution in [3.63, 3.8) is 0 Å². The lowest BCUT2D eigenvalue weighted by Gasteiger charge is -2.37. The van der Waals surface area contributed by atoms with Crippen LogP contribution in [0.15, 0.2) is 30.3 Å². The highest BCUT2D eigenvalue weighted by Crippen LogP contribution is 2.21. The van der Waals surface area contributed by atoms with E-state index in [9.17, 15) is 10.1 Å². The van der Waals surface area contributed by atoms with Crippen molar-refractivity contribution >= 4 is 5.91 Å². The van der Waals surface area contributed by atoms with E-state index in [1.807, 2.05) is 51.1 Å². The third-order valence-corrected chi connectivity index (χ3v) is 3.89. The van der Waals surface area contributed by atoms with Crippen molar-refractivity contribution in [2.75, 3.05) is 32.7 Å². The molecule has 1 fully saturated rings. The van der Waals surface area contributed by atoms with Gasteiger partial charge in [-0.2, -0.15) is 5.26 Å². The summed E-state index contributed by atoms with van der Waals surface area (Å²) in [7, 11) is 0. The number of hydrogen-bond donors (Lipinski definition) is 1. The van der Waals surface area contributed by atoms with Gasteiger partial charge in [-0.1, -0.05) is 30.3 Å². The monoisotopic (exact) mass is 314 g/mol. The molecule has 5 nitrogen and oxygen atoms in total. The van der Waals surface area contributed by atoms with Gasteiger partial charge in [0.1, 0.15) is 6.04 Å². The number of amides is 1. The van der Waals surface area contributed by atoms with E-state index in [0.717, 1.165) is 31.7 Å². The molecule has 1 atom stereocenters. The van der Waals surface area contributed by atoms with Gasteiger partial charge in [0.2, 0.25) is 5.91 Å². The molecule has 23 heavy (non-hydrogen) atoms. The molecule has 0 aromatic heterocycles. The van der Waals surface area contributed by atoms with Crippen molar-refractivity contribution in [1.82, 2.24) is 15.1 Å². The molecule has 0 radical (unpaired) electrons. The van der Waals surface area contributed by atoms with Crippen LogP contribution in [0.4, 0.5) is 0 Å². The number of carbonyl (C=O) groups excluding carboxylic acids is 1. The summed E-state index contributed by atoms with van der Waals surface area (Å²) >= 11 is 0. The molecular formula is C18H26N4O. The quantitative estimate of drug-likeness (QED) is 0.920. The average Bonchev–Trinajstić information content (AvgIpc) is 2.49. The number of benzene rings is 1. The molecule has 1 aliphatic heterocycles. The van der Waals surface area contributed by atoms with Crippen molar-refractivity contribution in [3.8, 4) is 6.07 Å². The van der Waals surface area contributed by atoms with Gasteiger partial charge in [-0.25, -0.2) is 0 Å². The van der Waals surface area contributed by atoms with Crippen LogP contribution in [0, 0.1) is 11.3 Å². The van der Waals surface area contributed by atoms with Crippen LogP contribution in [0.25, 0.3) is 0 Å². The Morgan fingerprint density at radius 1 is 1.22 bits per heavy atom. The minimum Gasteiger partial charge on any atom is -0.350 e. The number of carbonyl (C=O) groups is 1. The summed E-state index contributed by atoms with van der Waals surface area (Å²) in [5.41, 5.74) is 0.840. The van der Waals surface area contributed by atoms with E-state index in [2.05, 4.69) is 21.2 Å². The standard InChI is InChI=1S/C18H26N4O/c1-18(2,3)20-17(23)14-21-9-11-22(12-10-21)16(13-19)15-7-5-4-6-8-15/h4-8,16H,9-12,14H2,1-3H3,(H,20,23)/t16-/m1/s1. The fourth-order valence-electron chi connectivity index (χ4n) is 2.84. The molecule has 2 rings (SSSR count). The van der Waals surface area contributed by atoms with Gasteiger partial charge < -0.3 is 5.32 Å². The molecule has 0 bridgehead atoms. The summed E-state index contributed by atoms with van der Waals surface area (Å²) < 4.78 is 0. The Bertz CT molecular complexity index is 551. The normalized spacial score (nSPS) is 18.2. The lowest BCUT2D eigenvalue weighted by Crippen LogP contribution is -2.52. The van der Waals surface area contributed by atoms with Gasteiger partial charge in [-0.3, -0.25) is 14.6 Å². The Morgan fingerprint density at radius 3 is 2.35 bits per heavy atom. The molecule has 0 saturated carbocycles. The first kappa shape index (κ1) is 17.5. The molecule has 0 unspecified atom stereocenters. The van der Waals surface area contributed by atoms with Crippen LogP contribution in [0.3, 0.4) is 0 Å². The van der Waals surface area contributed by atoms with Gasteiger partial charge in [0.15, 0.2) is 0 Å². The molecule has 0 spiro atoms. The molecule has 1 amide bonds. The number of nitriles is 1. The fraction of sp³-hybridized carbons (Fsp3) is 0.556. The summed E-state index contributed by atoms with van der Waals surface area (Å²) in [5.74, 6) is 0.0610. The zero-order valence-electron chi connectivity index (χ0n) is 14.2. The van der Waals surface area contributed by atoms with Crippen molar-refractivity contribution in [2.45, 2.75) is 32.4 Å².